The van der Waals surface area contributed by atoms with Crippen molar-refractivity contribution in [1.29, 1.82) is 0 Å². The van der Waals surface area contributed by atoms with Gasteiger partial charge in [0.15, 0.2) is 6.10 Å². The molecule has 1 atom stereocenters. The Morgan fingerprint density at radius 1 is 0.253 bits per heavy atom. The van der Waals surface area contributed by atoms with Gasteiger partial charge in [-0.05, 0) is 141 Å². The zero-order chi connectivity index (χ0) is 59.9. The summed E-state index contributed by atoms with van der Waals surface area (Å²) in [5.41, 5.74) is 0. The summed E-state index contributed by atoms with van der Waals surface area (Å²) < 4.78 is 16.9. The number of rotatable bonds is 60. The molecule has 6 nitrogen and oxygen atoms in total. The van der Waals surface area contributed by atoms with Gasteiger partial charge in [0.1, 0.15) is 13.2 Å². The molecule has 83 heavy (non-hydrogen) atoms. The first-order chi connectivity index (χ1) is 41.0. The standard InChI is InChI=1S/C77H124O6/c1-4-7-10-13-16-19-22-25-27-29-31-33-35-37-38-40-41-43-45-47-49-52-55-58-61-64-67-70-76(79)82-73-74(72-81-75(78)69-66-63-60-57-54-51-24-21-18-15-12-9-6-3)83-77(80)71-68-65-62-59-56-53-50-48-46-44-42-39-36-34-32-30-28-26-23-20-17-14-11-8-5-2/h7-8,10-12,15-17,19-21,24-28,31-34,37-39,42,46,48,74H,4-6,9,13-14,18,22-23,29-30,35-36,40-41,43-45,47,49-73H2,1-3H3/b10-7-,11-8-,15-12-,19-16-,20-17-,24-21-,27-25-,28-26-,33-31-,34-32-,38-37-,42-39-,48-46-. The minimum atomic E-state index is -0.802. The largest absolute Gasteiger partial charge is 0.462 e. The van der Waals surface area contributed by atoms with E-state index in [1.54, 1.807) is 0 Å². The number of esters is 3. The van der Waals surface area contributed by atoms with Gasteiger partial charge in [-0.15, -0.1) is 0 Å². The summed E-state index contributed by atoms with van der Waals surface area (Å²) in [4.78, 5) is 38.4. The van der Waals surface area contributed by atoms with Crippen molar-refractivity contribution >= 4 is 17.9 Å². The quantitative estimate of drug-likeness (QED) is 0.0261. The van der Waals surface area contributed by atoms with Crippen molar-refractivity contribution in [3.05, 3.63) is 158 Å². The van der Waals surface area contributed by atoms with Crippen LogP contribution >= 0.6 is 0 Å². The highest BCUT2D eigenvalue weighted by molar-refractivity contribution is 5.71. The molecule has 0 amide bonds. The number of carbonyl (C=O) groups excluding carboxylic acids is 3. The van der Waals surface area contributed by atoms with E-state index in [1.807, 2.05) is 0 Å². The van der Waals surface area contributed by atoms with Gasteiger partial charge in [-0.2, -0.15) is 0 Å². The van der Waals surface area contributed by atoms with Crippen molar-refractivity contribution < 1.29 is 28.6 Å². The van der Waals surface area contributed by atoms with Crippen LogP contribution in [0.5, 0.6) is 0 Å². The second kappa shape index (κ2) is 69.5. The predicted molar refractivity (Wildman–Crippen MR) is 362 cm³/mol. The van der Waals surface area contributed by atoms with Crippen molar-refractivity contribution in [2.45, 2.75) is 297 Å². The van der Waals surface area contributed by atoms with Crippen LogP contribution < -0.4 is 0 Å². The molecular weight excluding hydrogens is 1020 g/mol. The van der Waals surface area contributed by atoms with Gasteiger partial charge in [-0.25, -0.2) is 0 Å². The molecule has 0 fully saturated rings. The summed E-state index contributed by atoms with van der Waals surface area (Å²) in [5.74, 6) is -0.927. The minimum Gasteiger partial charge on any atom is -0.462 e. The smallest absolute Gasteiger partial charge is 0.306 e. The lowest BCUT2D eigenvalue weighted by atomic mass is 10.0. The molecule has 0 aromatic carbocycles. The molecule has 0 heterocycles. The van der Waals surface area contributed by atoms with E-state index in [1.165, 1.54) is 77.0 Å². The number of ether oxygens (including phenoxy) is 3. The van der Waals surface area contributed by atoms with Gasteiger partial charge >= 0.3 is 17.9 Å². The third-order valence-corrected chi connectivity index (χ3v) is 14.0. The number of carbonyl (C=O) groups is 3. The van der Waals surface area contributed by atoms with Crippen LogP contribution in [0.25, 0.3) is 0 Å². The van der Waals surface area contributed by atoms with Crippen LogP contribution in [0.2, 0.25) is 0 Å². The predicted octanol–water partition coefficient (Wildman–Crippen LogP) is 23.7. The Labute approximate surface area is 511 Å². The molecule has 0 aliphatic carbocycles. The molecule has 0 bridgehead atoms. The van der Waals surface area contributed by atoms with Gasteiger partial charge in [0.05, 0.1) is 0 Å². The van der Waals surface area contributed by atoms with Gasteiger partial charge < -0.3 is 14.2 Å². The zero-order valence-corrected chi connectivity index (χ0v) is 53.7. The molecule has 0 saturated heterocycles. The summed E-state index contributed by atoms with van der Waals surface area (Å²) in [5, 5.41) is 0. The van der Waals surface area contributed by atoms with Crippen LogP contribution in [0.3, 0.4) is 0 Å². The molecule has 0 aromatic rings. The fourth-order valence-electron chi connectivity index (χ4n) is 8.98. The molecule has 0 aliphatic rings. The third-order valence-electron chi connectivity index (χ3n) is 14.0. The number of unbranched alkanes of at least 4 members (excludes halogenated alkanes) is 23. The summed E-state index contributed by atoms with van der Waals surface area (Å²) in [6.07, 6.45) is 101. The molecule has 0 saturated carbocycles. The van der Waals surface area contributed by atoms with E-state index in [-0.39, 0.29) is 31.1 Å². The summed E-state index contributed by atoms with van der Waals surface area (Å²) in [6.45, 7) is 6.33. The molecule has 1 unspecified atom stereocenters. The molecule has 0 aliphatic heterocycles. The molecule has 0 radical (unpaired) electrons. The second-order valence-electron chi connectivity index (χ2n) is 22.0. The van der Waals surface area contributed by atoms with E-state index < -0.39 is 6.10 Å². The van der Waals surface area contributed by atoms with Crippen molar-refractivity contribution in [2.75, 3.05) is 13.2 Å². The lowest BCUT2D eigenvalue weighted by Gasteiger charge is -2.18. The highest BCUT2D eigenvalue weighted by Gasteiger charge is 2.19. The van der Waals surface area contributed by atoms with Crippen molar-refractivity contribution in [3.63, 3.8) is 0 Å². The second-order valence-corrected chi connectivity index (χ2v) is 22.0. The average molecular weight is 1150 g/mol. The highest BCUT2D eigenvalue weighted by atomic mass is 16.6. The Morgan fingerprint density at radius 3 is 0.735 bits per heavy atom. The van der Waals surface area contributed by atoms with Crippen LogP contribution in [0.1, 0.15) is 290 Å². The van der Waals surface area contributed by atoms with E-state index in [2.05, 4.69) is 179 Å². The van der Waals surface area contributed by atoms with Gasteiger partial charge in [-0.1, -0.05) is 288 Å². The van der Waals surface area contributed by atoms with E-state index in [9.17, 15) is 14.4 Å². The summed E-state index contributed by atoms with van der Waals surface area (Å²) in [6, 6.07) is 0. The topological polar surface area (TPSA) is 78.9 Å². The maximum atomic E-state index is 12.9. The van der Waals surface area contributed by atoms with E-state index >= 15 is 0 Å². The molecule has 0 aromatic heterocycles. The van der Waals surface area contributed by atoms with Crippen molar-refractivity contribution in [1.82, 2.24) is 0 Å². The van der Waals surface area contributed by atoms with Crippen molar-refractivity contribution in [2.24, 2.45) is 0 Å². The number of hydrogen-bond acceptors (Lipinski definition) is 6. The van der Waals surface area contributed by atoms with Gasteiger partial charge in [0.25, 0.3) is 0 Å². The fraction of sp³-hybridized carbons (Fsp3) is 0.623. The van der Waals surface area contributed by atoms with Crippen molar-refractivity contribution in [3.8, 4) is 0 Å². The SMILES string of the molecule is CC/C=C\C/C=C\C/C=C\C/C=C\C/C=C\C/C=C\CCCCCCCCC(=O)OC(COC(=O)CCCCCCC/C=C\C/C=C\CCC)COC(=O)CCCCCCCCCCCCC/C=C\C/C=C\C/C=C\C/C=C\C/C=C\CC. The summed E-state index contributed by atoms with van der Waals surface area (Å²) in [7, 11) is 0. The van der Waals surface area contributed by atoms with Crippen LogP contribution in [-0.2, 0) is 28.6 Å². The lowest BCUT2D eigenvalue weighted by Crippen LogP contribution is -2.30. The molecule has 468 valence electrons. The Kier molecular flexibility index (Phi) is 65.4. The Balaban J connectivity index is 4.38. The molecule has 6 heteroatoms. The molecule has 0 rings (SSSR count). The zero-order valence-electron chi connectivity index (χ0n) is 53.7. The maximum Gasteiger partial charge on any atom is 0.306 e. The first kappa shape index (κ1) is 78.0. The monoisotopic (exact) mass is 1140 g/mol. The average Bonchev–Trinajstić information content (AvgIpc) is 3.49. The van der Waals surface area contributed by atoms with E-state index in [0.717, 1.165) is 173 Å². The fourth-order valence-corrected chi connectivity index (χ4v) is 8.98. The Bertz CT molecular complexity index is 1840. The number of hydrogen-bond donors (Lipinski definition) is 0. The first-order valence-corrected chi connectivity index (χ1v) is 34.0. The lowest BCUT2D eigenvalue weighted by molar-refractivity contribution is -0.167. The van der Waals surface area contributed by atoms with E-state index in [4.69, 9.17) is 14.2 Å². The van der Waals surface area contributed by atoms with Gasteiger partial charge in [0, 0.05) is 19.3 Å². The first-order valence-electron chi connectivity index (χ1n) is 34.0. The summed E-state index contributed by atoms with van der Waals surface area (Å²) >= 11 is 0. The molecule has 0 spiro atoms. The number of allylic oxidation sites excluding steroid dienone is 26. The maximum absolute atomic E-state index is 12.9. The van der Waals surface area contributed by atoms with Crippen LogP contribution in [0, 0.1) is 0 Å². The van der Waals surface area contributed by atoms with Gasteiger partial charge in [0.2, 0.25) is 0 Å². The Morgan fingerprint density at radius 2 is 0.470 bits per heavy atom. The van der Waals surface area contributed by atoms with Crippen LogP contribution in [0.15, 0.2) is 158 Å². The van der Waals surface area contributed by atoms with Crippen LogP contribution in [-0.4, -0.2) is 37.2 Å². The van der Waals surface area contributed by atoms with E-state index in [0.29, 0.717) is 19.3 Å². The molecule has 0 N–H and O–H groups in total. The normalized spacial score (nSPS) is 13.1. The Hall–Kier alpha value is -4.97. The highest BCUT2D eigenvalue weighted by Crippen LogP contribution is 2.15. The van der Waals surface area contributed by atoms with Gasteiger partial charge in [-0.3, -0.25) is 14.4 Å². The molecular formula is C77H124O6. The minimum absolute atomic E-state index is 0.0958. The third kappa shape index (κ3) is 67.7. The van der Waals surface area contributed by atoms with Crippen LogP contribution in [0.4, 0.5) is 0 Å².